The number of anilines is 1. The summed E-state index contributed by atoms with van der Waals surface area (Å²) < 4.78 is 46.2. The average Bonchev–Trinajstić information content (AvgIpc) is 3.75. The number of carbonyl (C=O) groups is 2. The van der Waals surface area contributed by atoms with Crippen molar-refractivity contribution in [2.45, 2.75) is 48.4 Å². The van der Waals surface area contributed by atoms with Crippen LogP contribution in [-0.2, 0) is 14.6 Å². The molecule has 40 heavy (non-hydrogen) atoms. The first-order chi connectivity index (χ1) is 19.1. The summed E-state index contributed by atoms with van der Waals surface area (Å²) in [5.41, 5.74) is 7.26. The highest BCUT2D eigenvalue weighted by Gasteiger charge is 2.44. The van der Waals surface area contributed by atoms with Gasteiger partial charge in [0.2, 0.25) is 11.8 Å². The molecule has 3 aromatic carbocycles. The van der Waals surface area contributed by atoms with E-state index >= 15 is 0 Å². The Morgan fingerprint density at radius 2 is 1.80 bits per heavy atom. The number of likely N-dealkylation sites (tertiary alicyclic amines) is 1. The van der Waals surface area contributed by atoms with E-state index in [1.165, 1.54) is 25.3 Å². The summed E-state index contributed by atoms with van der Waals surface area (Å²) in [7, 11) is -2.16. The van der Waals surface area contributed by atoms with Gasteiger partial charge in [0.05, 0.1) is 23.3 Å². The highest BCUT2D eigenvalue weighted by Crippen LogP contribution is 2.44. The molecule has 10 heteroatoms. The van der Waals surface area contributed by atoms with E-state index in [2.05, 4.69) is 5.32 Å². The summed E-state index contributed by atoms with van der Waals surface area (Å²) in [4.78, 5) is 28.1. The number of amides is 2. The molecule has 5 rings (SSSR count). The maximum Gasteiger partial charge on any atom is 0.250 e. The van der Waals surface area contributed by atoms with Gasteiger partial charge in [-0.15, -0.1) is 0 Å². The highest BCUT2D eigenvalue weighted by atomic mass is 32.2. The predicted octanol–water partition coefficient (Wildman–Crippen LogP) is 4.63. The number of rotatable bonds is 9. The molecular weight excluding hydrogens is 533 g/mol. The number of primary amides is 1. The molecule has 8 nitrogen and oxygen atoms in total. The summed E-state index contributed by atoms with van der Waals surface area (Å²) in [6, 6.07) is 16.1. The third-order valence-electron chi connectivity index (χ3n) is 7.70. The fourth-order valence-corrected chi connectivity index (χ4v) is 7.35. The summed E-state index contributed by atoms with van der Waals surface area (Å²) in [6.07, 6.45) is 1.97. The summed E-state index contributed by atoms with van der Waals surface area (Å²) in [6.45, 7) is 2.43. The second-order valence-electron chi connectivity index (χ2n) is 10.4. The van der Waals surface area contributed by atoms with Gasteiger partial charge in [0.1, 0.15) is 6.04 Å². The van der Waals surface area contributed by atoms with Gasteiger partial charge in [-0.25, -0.2) is 12.8 Å². The van der Waals surface area contributed by atoms with Crippen LogP contribution in [0.1, 0.15) is 59.8 Å². The number of nitrogens with zero attached hydrogens (tertiary/aromatic N) is 1. The Labute approximate surface area is 233 Å². The van der Waals surface area contributed by atoms with E-state index in [4.69, 9.17) is 10.5 Å². The standard InChI is InChI=1S/C30H32FN3O5S/c1-18-14-15-34(28(18)23-8-3-4-9-26(23)40(37,38)22-11-12-22)30(36)27(19-10-13-24(31)25(17-19)39-2)33-21-7-5-6-20(16-21)29(32)35/h3-10,13,16-18,22,27-28,33H,11-12,14-15H2,1-2H3,(H2,32,35)/t18-,27+,28+/m0/s1. The lowest BCUT2D eigenvalue weighted by Gasteiger charge is -2.33. The second kappa shape index (κ2) is 10.9. The largest absolute Gasteiger partial charge is 0.494 e. The molecule has 2 aliphatic rings. The number of nitrogens with one attached hydrogen (secondary N) is 1. The molecule has 1 saturated heterocycles. The maximum atomic E-state index is 14.4. The molecule has 1 aliphatic carbocycles. The number of ether oxygens (including phenoxy) is 1. The van der Waals surface area contributed by atoms with Gasteiger partial charge in [0, 0.05) is 17.8 Å². The van der Waals surface area contributed by atoms with Gasteiger partial charge in [0.15, 0.2) is 21.4 Å². The van der Waals surface area contributed by atoms with Crippen molar-refractivity contribution >= 4 is 27.3 Å². The molecule has 210 valence electrons. The molecule has 2 amide bonds. The van der Waals surface area contributed by atoms with Crippen molar-refractivity contribution < 1.29 is 27.1 Å². The van der Waals surface area contributed by atoms with Gasteiger partial charge in [-0.1, -0.05) is 37.3 Å². The van der Waals surface area contributed by atoms with Crippen LogP contribution in [0, 0.1) is 11.7 Å². The predicted molar refractivity (Wildman–Crippen MR) is 149 cm³/mol. The topological polar surface area (TPSA) is 119 Å². The molecule has 0 bridgehead atoms. The minimum Gasteiger partial charge on any atom is -0.494 e. The Hall–Kier alpha value is -3.92. The molecule has 0 radical (unpaired) electrons. The molecule has 3 atom stereocenters. The lowest BCUT2D eigenvalue weighted by molar-refractivity contribution is -0.133. The van der Waals surface area contributed by atoms with Gasteiger partial charge in [-0.2, -0.15) is 0 Å². The molecular formula is C30H32FN3O5S. The zero-order valence-corrected chi connectivity index (χ0v) is 23.2. The fourth-order valence-electron chi connectivity index (χ4n) is 5.45. The summed E-state index contributed by atoms with van der Waals surface area (Å²) >= 11 is 0. The molecule has 0 spiro atoms. The van der Waals surface area contributed by atoms with E-state index in [0.29, 0.717) is 42.6 Å². The number of halogens is 1. The lowest BCUT2D eigenvalue weighted by Crippen LogP contribution is -2.39. The molecule has 3 N–H and O–H groups in total. The Morgan fingerprint density at radius 1 is 1.05 bits per heavy atom. The van der Waals surface area contributed by atoms with E-state index in [-0.39, 0.29) is 33.3 Å². The van der Waals surface area contributed by atoms with Crippen LogP contribution in [0.4, 0.5) is 10.1 Å². The van der Waals surface area contributed by atoms with Gasteiger partial charge in [0.25, 0.3) is 0 Å². The van der Waals surface area contributed by atoms with Gasteiger partial charge < -0.3 is 20.7 Å². The first kappa shape index (κ1) is 27.6. The van der Waals surface area contributed by atoms with Crippen molar-refractivity contribution in [3.8, 4) is 5.75 Å². The van der Waals surface area contributed by atoms with Crippen molar-refractivity contribution in [1.82, 2.24) is 4.90 Å². The van der Waals surface area contributed by atoms with Crippen molar-refractivity contribution in [3.05, 3.63) is 89.2 Å². The van der Waals surface area contributed by atoms with E-state index in [9.17, 15) is 22.4 Å². The van der Waals surface area contributed by atoms with Crippen LogP contribution < -0.4 is 15.8 Å². The van der Waals surface area contributed by atoms with Crippen molar-refractivity contribution in [2.75, 3.05) is 19.0 Å². The molecule has 1 aliphatic heterocycles. The smallest absolute Gasteiger partial charge is 0.250 e. The number of carbonyl (C=O) groups excluding carboxylic acids is 2. The van der Waals surface area contributed by atoms with Gasteiger partial charge in [-0.3, -0.25) is 9.59 Å². The van der Waals surface area contributed by atoms with Crippen LogP contribution in [0.2, 0.25) is 0 Å². The molecule has 1 saturated carbocycles. The first-order valence-electron chi connectivity index (χ1n) is 13.2. The van der Waals surface area contributed by atoms with Crippen LogP contribution in [0.5, 0.6) is 5.75 Å². The number of sulfone groups is 1. The molecule has 1 heterocycles. The lowest BCUT2D eigenvalue weighted by atomic mass is 9.94. The third-order valence-corrected chi connectivity index (χ3v) is 10.0. The van der Waals surface area contributed by atoms with E-state index < -0.39 is 33.6 Å². The van der Waals surface area contributed by atoms with Crippen LogP contribution in [0.25, 0.3) is 0 Å². The van der Waals surface area contributed by atoms with Crippen molar-refractivity contribution in [1.29, 1.82) is 0 Å². The SMILES string of the molecule is COc1cc([C@@H](Nc2cccc(C(N)=O)c2)C(=O)N2CC[C@H](C)[C@@H]2c2ccccc2S(=O)(=O)C2CC2)ccc1F. The summed E-state index contributed by atoms with van der Waals surface area (Å²) in [5.74, 6) is -1.51. The zero-order chi connectivity index (χ0) is 28.6. The summed E-state index contributed by atoms with van der Waals surface area (Å²) in [5, 5.41) is 2.82. The molecule has 0 aromatic heterocycles. The molecule has 2 fully saturated rings. The number of hydrogen-bond acceptors (Lipinski definition) is 6. The Bertz CT molecular complexity index is 1560. The Balaban J connectivity index is 1.56. The van der Waals surface area contributed by atoms with Crippen molar-refractivity contribution in [2.24, 2.45) is 11.7 Å². The van der Waals surface area contributed by atoms with Gasteiger partial charge >= 0.3 is 0 Å². The first-order valence-corrected chi connectivity index (χ1v) is 14.8. The van der Waals surface area contributed by atoms with Crippen molar-refractivity contribution in [3.63, 3.8) is 0 Å². The van der Waals surface area contributed by atoms with E-state index in [1.54, 1.807) is 53.4 Å². The Morgan fingerprint density at radius 3 is 2.50 bits per heavy atom. The molecule has 0 unspecified atom stereocenters. The average molecular weight is 566 g/mol. The highest BCUT2D eigenvalue weighted by molar-refractivity contribution is 7.92. The minimum absolute atomic E-state index is 0.00102. The number of methoxy groups -OCH3 is 1. The van der Waals surface area contributed by atoms with E-state index in [1.807, 2.05) is 6.92 Å². The van der Waals surface area contributed by atoms with Gasteiger partial charge in [-0.05, 0) is 72.7 Å². The number of hydrogen-bond donors (Lipinski definition) is 2. The molecule has 3 aromatic rings. The van der Waals surface area contributed by atoms with Crippen LogP contribution >= 0.6 is 0 Å². The van der Waals surface area contributed by atoms with Crippen LogP contribution in [0.15, 0.2) is 71.6 Å². The van der Waals surface area contributed by atoms with E-state index in [0.717, 1.165) is 0 Å². The van der Waals surface area contributed by atoms with Crippen LogP contribution in [-0.4, -0.2) is 44.0 Å². The Kier molecular flexibility index (Phi) is 7.55. The normalized spacial score (nSPS) is 19.7. The minimum atomic E-state index is -3.51. The van der Waals surface area contributed by atoms with Crippen LogP contribution in [0.3, 0.4) is 0 Å². The number of nitrogens with two attached hydrogens (primary N) is 1. The zero-order valence-electron chi connectivity index (χ0n) is 22.3. The quantitative estimate of drug-likeness (QED) is 0.391. The monoisotopic (exact) mass is 565 g/mol. The number of benzene rings is 3. The maximum absolute atomic E-state index is 14.4. The second-order valence-corrected chi connectivity index (χ2v) is 12.6. The fraction of sp³-hybridized carbons (Fsp3) is 0.333. The third kappa shape index (κ3) is 5.28.